The molecular formula is C26H24N10OS. The van der Waals surface area contributed by atoms with E-state index in [0.717, 1.165) is 38.3 Å². The Labute approximate surface area is 221 Å². The molecule has 0 spiro atoms. The number of fused-ring (bicyclic) bond motifs is 2. The smallest absolute Gasteiger partial charge is 0.242 e. The normalized spacial score (nSPS) is 12.5. The number of hydrazone groups is 2. The summed E-state index contributed by atoms with van der Waals surface area (Å²) in [6, 6.07) is 14.1. The first-order chi connectivity index (χ1) is 18.6. The number of benzene rings is 2. The number of para-hydroxylation sites is 3. The van der Waals surface area contributed by atoms with Crippen LogP contribution in [0.15, 0.2) is 81.1 Å². The summed E-state index contributed by atoms with van der Waals surface area (Å²) >= 11 is 1.55. The summed E-state index contributed by atoms with van der Waals surface area (Å²) in [6.07, 6.45) is 4.88. The van der Waals surface area contributed by atoms with Crippen molar-refractivity contribution in [1.82, 2.24) is 29.1 Å². The molecule has 0 bridgehead atoms. The van der Waals surface area contributed by atoms with Crippen molar-refractivity contribution in [3.05, 3.63) is 83.0 Å². The molecule has 0 unspecified atom stereocenters. The van der Waals surface area contributed by atoms with E-state index in [9.17, 15) is 0 Å². The number of thiazole rings is 1. The number of aromatic nitrogens is 6. The Kier molecular flexibility index (Phi) is 6.14. The van der Waals surface area contributed by atoms with E-state index in [-0.39, 0.29) is 0 Å². The van der Waals surface area contributed by atoms with E-state index < -0.39 is 0 Å². The maximum atomic E-state index is 5.35. The number of imidazole rings is 2. The standard InChI is InChI=1S/C26H24N10OS/c1-16(23-27-11-13-37-23)31-34-26-29-19-8-4-5-9-20(19)36(26)15-18-7-6-10-21-22(18)30-25(35(21)3)33-32-17(2)24-28-12-14-38-24/h4-14H,15H2,1-3H3,(H,29,34)(H,30,33)/b31-16+,32-17+. The second kappa shape index (κ2) is 9.90. The molecule has 4 heterocycles. The lowest BCUT2D eigenvalue weighted by molar-refractivity contribution is 0.546. The van der Waals surface area contributed by atoms with Crippen LogP contribution in [0.2, 0.25) is 0 Å². The fourth-order valence-corrected chi connectivity index (χ4v) is 4.75. The van der Waals surface area contributed by atoms with Crippen LogP contribution in [-0.2, 0) is 13.6 Å². The zero-order valence-electron chi connectivity index (χ0n) is 21.0. The van der Waals surface area contributed by atoms with Crippen molar-refractivity contribution < 1.29 is 4.42 Å². The quantitative estimate of drug-likeness (QED) is 0.210. The Morgan fingerprint density at radius 3 is 2.55 bits per heavy atom. The molecule has 0 saturated carbocycles. The predicted molar refractivity (Wildman–Crippen MR) is 150 cm³/mol. The van der Waals surface area contributed by atoms with E-state index in [1.165, 1.54) is 6.26 Å². The molecule has 0 aliphatic rings. The first kappa shape index (κ1) is 23.6. The molecule has 190 valence electrons. The summed E-state index contributed by atoms with van der Waals surface area (Å²) in [5, 5.41) is 11.7. The van der Waals surface area contributed by atoms with E-state index in [1.807, 2.05) is 67.2 Å². The first-order valence-corrected chi connectivity index (χ1v) is 12.8. The summed E-state index contributed by atoms with van der Waals surface area (Å²) in [4.78, 5) is 18.1. The molecule has 0 aliphatic carbocycles. The van der Waals surface area contributed by atoms with Gasteiger partial charge in [0, 0.05) is 18.6 Å². The van der Waals surface area contributed by atoms with Crippen LogP contribution in [0.1, 0.15) is 30.3 Å². The fraction of sp³-hybridized carbons (Fsp3) is 0.154. The van der Waals surface area contributed by atoms with Gasteiger partial charge >= 0.3 is 0 Å². The molecule has 0 aliphatic heterocycles. The Morgan fingerprint density at radius 2 is 1.74 bits per heavy atom. The average Bonchev–Trinajstić information content (AvgIpc) is 3.74. The van der Waals surface area contributed by atoms with Crippen molar-refractivity contribution in [1.29, 1.82) is 0 Å². The molecule has 4 aromatic heterocycles. The van der Waals surface area contributed by atoms with Gasteiger partial charge in [-0.15, -0.1) is 11.3 Å². The molecule has 38 heavy (non-hydrogen) atoms. The summed E-state index contributed by atoms with van der Waals surface area (Å²) in [5.41, 5.74) is 12.4. The van der Waals surface area contributed by atoms with Crippen LogP contribution >= 0.6 is 11.3 Å². The molecule has 2 N–H and O–H groups in total. The Hall–Kier alpha value is -4.84. The zero-order chi connectivity index (χ0) is 26.1. The van der Waals surface area contributed by atoms with Gasteiger partial charge in [0.05, 0.1) is 40.5 Å². The van der Waals surface area contributed by atoms with Gasteiger partial charge in [0.25, 0.3) is 0 Å². The van der Waals surface area contributed by atoms with Gasteiger partial charge in [0.15, 0.2) is 0 Å². The van der Waals surface area contributed by atoms with E-state index in [0.29, 0.717) is 30.0 Å². The molecule has 6 aromatic rings. The van der Waals surface area contributed by atoms with Crippen LogP contribution < -0.4 is 10.9 Å². The molecule has 0 amide bonds. The number of aryl methyl sites for hydroxylation is 1. The van der Waals surface area contributed by atoms with Crippen molar-refractivity contribution in [3.63, 3.8) is 0 Å². The topological polar surface area (TPSA) is 123 Å². The van der Waals surface area contributed by atoms with Crippen LogP contribution in [0.4, 0.5) is 11.9 Å². The van der Waals surface area contributed by atoms with Gasteiger partial charge in [-0.2, -0.15) is 10.2 Å². The van der Waals surface area contributed by atoms with E-state index in [4.69, 9.17) is 14.4 Å². The largest absolute Gasteiger partial charge is 0.444 e. The molecule has 2 aromatic carbocycles. The number of nitrogens with one attached hydrogen (secondary N) is 2. The number of anilines is 2. The predicted octanol–water partition coefficient (Wildman–Crippen LogP) is 5.09. The van der Waals surface area contributed by atoms with Crippen molar-refractivity contribution in [2.75, 3.05) is 10.9 Å². The molecule has 0 fully saturated rings. The van der Waals surface area contributed by atoms with Gasteiger partial charge in [-0.1, -0.05) is 24.3 Å². The van der Waals surface area contributed by atoms with Crippen LogP contribution in [0.25, 0.3) is 22.1 Å². The second-order valence-corrected chi connectivity index (χ2v) is 9.48. The minimum atomic E-state index is 0.450. The number of oxazole rings is 1. The molecular weight excluding hydrogens is 500 g/mol. The van der Waals surface area contributed by atoms with Crippen LogP contribution in [0.5, 0.6) is 0 Å². The number of hydrogen-bond donors (Lipinski definition) is 2. The Morgan fingerprint density at radius 1 is 0.921 bits per heavy atom. The third-order valence-electron chi connectivity index (χ3n) is 6.11. The molecule has 12 heteroatoms. The van der Waals surface area contributed by atoms with E-state index in [1.54, 1.807) is 23.7 Å². The zero-order valence-corrected chi connectivity index (χ0v) is 21.8. The lowest BCUT2D eigenvalue weighted by Crippen LogP contribution is -2.07. The average molecular weight is 525 g/mol. The minimum Gasteiger partial charge on any atom is -0.444 e. The summed E-state index contributed by atoms with van der Waals surface area (Å²) < 4.78 is 9.43. The second-order valence-electron chi connectivity index (χ2n) is 8.58. The number of rotatable bonds is 8. The maximum absolute atomic E-state index is 5.35. The molecule has 0 radical (unpaired) electrons. The van der Waals surface area contributed by atoms with Crippen molar-refractivity contribution >= 4 is 56.7 Å². The van der Waals surface area contributed by atoms with Gasteiger partial charge in [0.1, 0.15) is 17.0 Å². The SMILES string of the molecule is C/C(=N\Nc1nc2ccccc2n1Cc1cccc2c1nc(N/N=C(\C)c1nccs1)n2C)c1ncco1. The highest BCUT2D eigenvalue weighted by atomic mass is 32.1. The van der Waals surface area contributed by atoms with Crippen molar-refractivity contribution in [2.24, 2.45) is 17.3 Å². The molecule has 0 saturated heterocycles. The van der Waals surface area contributed by atoms with E-state index in [2.05, 4.69) is 41.7 Å². The van der Waals surface area contributed by atoms with Gasteiger partial charge in [0.2, 0.25) is 17.8 Å². The van der Waals surface area contributed by atoms with Crippen LogP contribution in [-0.4, -0.2) is 40.5 Å². The third-order valence-corrected chi connectivity index (χ3v) is 6.99. The third kappa shape index (κ3) is 4.41. The number of hydrogen-bond acceptors (Lipinski definition) is 10. The summed E-state index contributed by atoms with van der Waals surface area (Å²) in [5.74, 6) is 1.70. The lowest BCUT2D eigenvalue weighted by atomic mass is 10.2. The molecule has 6 rings (SSSR count). The first-order valence-electron chi connectivity index (χ1n) is 11.9. The van der Waals surface area contributed by atoms with Crippen molar-refractivity contribution in [3.8, 4) is 0 Å². The molecule has 11 nitrogen and oxygen atoms in total. The number of nitrogens with zero attached hydrogens (tertiary/aromatic N) is 8. The van der Waals surface area contributed by atoms with Gasteiger partial charge in [-0.05, 0) is 37.6 Å². The van der Waals surface area contributed by atoms with Crippen LogP contribution in [0.3, 0.4) is 0 Å². The molecule has 0 atom stereocenters. The highest BCUT2D eigenvalue weighted by molar-refractivity contribution is 7.11. The van der Waals surface area contributed by atoms with Crippen molar-refractivity contribution in [2.45, 2.75) is 20.4 Å². The maximum Gasteiger partial charge on any atom is 0.242 e. The summed E-state index contributed by atoms with van der Waals surface area (Å²) in [6.45, 7) is 4.28. The minimum absolute atomic E-state index is 0.450. The van der Waals surface area contributed by atoms with Gasteiger partial charge < -0.3 is 13.6 Å². The van der Waals surface area contributed by atoms with Gasteiger partial charge in [-0.25, -0.2) is 30.8 Å². The Balaban J connectivity index is 1.35. The van der Waals surface area contributed by atoms with Gasteiger partial charge in [-0.3, -0.25) is 0 Å². The highest BCUT2D eigenvalue weighted by Gasteiger charge is 2.16. The monoisotopic (exact) mass is 524 g/mol. The Bertz CT molecular complexity index is 1780. The highest BCUT2D eigenvalue weighted by Crippen LogP contribution is 2.26. The van der Waals surface area contributed by atoms with Crippen LogP contribution in [0, 0.1) is 0 Å². The lowest BCUT2D eigenvalue weighted by Gasteiger charge is -2.10. The van der Waals surface area contributed by atoms with E-state index >= 15 is 0 Å². The fourth-order valence-electron chi connectivity index (χ4n) is 4.16. The summed E-state index contributed by atoms with van der Waals surface area (Å²) in [7, 11) is 1.97.